The molecule has 1 atom stereocenters. The zero-order chi connectivity index (χ0) is 12.3. The summed E-state index contributed by atoms with van der Waals surface area (Å²) in [7, 11) is 0. The Morgan fingerprint density at radius 3 is 3.00 bits per heavy atom. The molecule has 2 rings (SSSR count). The van der Waals surface area contributed by atoms with Gasteiger partial charge in [0.2, 0.25) is 0 Å². The molecule has 0 radical (unpaired) electrons. The molecule has 3 nitrogen and oxygen atoms in total. The van der Waals surface area contributed by atoms with Crippen LogP contribution in [0.4, 0.5) is 4.39 Å². The van der Waals surface area contributed by atoms with E-state index in [2.05, 4.69) is 15.9 Å². The molecule has 5 heteroatoms. The molecule has 2 N–H and O–H groups in total. The van der Waals surface area contributed by atoms with E-state index in [0.29, 0.717) is 17.6 Å². The molecule has 17 heavy (non-hydrogen) atoms. The lowest BCUT2D eigenvalue weighted by molar-refractivity contribution is 0.0665. The molecular weight excluding hydrogens is 289 g/mol. The predicted octanol–water partition coefficient (Wildman–Crippen LogP) is 2.60. The third kappa shape index (κ3) is 2.97. The van der Waals surface area contributed by atoms with Crippen molar-refractivity contribution in [2.75, 3.05) is 13.2 Å². The van der Waals surface area contributed by atoms with Gasteiger partial charge in [-0.1, -0.05) is 6.07 Å². The highest BCUT2D eigenvalue weighted by molar-refractivity contribution is 9.10. The summed E-state index contributed by atoms with van der Waals surface area (Å²) >= 11 is 3.18. The summed E-state index contributed by atoms with van der Waals surface area (Å²) in [4.78, 5) is 0. The van der Waals surface area contributed by atoms with Crippen LogP contribution in [-0.2, 0) is 11.3 Å². The van der Waals surface area contributed by atoms with Crippen molar-refractivity contribution < 1.29 is 13.9 Å². The lowest BCUT2D eigenvalue weighted by Gasteiger charge is -2.13. The van der Waals surface area contributed by atoms with Crippen LogP contribution in [0.5, 0.6) is 5.75 Å². The van der Waals surface area contributed by atoms with Crippen molar-refractivity contribution in [2.24, 2.45) is 5.73 Å². The highest BCUT2D eigenvalue weighted by Gasteiger charge is 2.18. The minimum Gasteiger partial charge on any atom is -0.488 e. The van der Waals surface area contributed by atoms with Gasteiger partial charge in [0.05, 0.1) is 10.6 Å². The van der Waals surface area contributed by atoms with Crippen molar-refractivity contribution in [3.05, 3.63) is 28.0 Å². The second-order valence-electron chi connectivity index (χ2n) is 4.00. The van der Waals surface area contributed by atoms with Crippen LogP contribution < -0.4 is 10.5 Å². The van der Waals surface area contributed by atoms with Crippen molar-refractivity contribution in [1.29, 1.82) is 0 Å². The average Bonchev–Trinajstić information content (AvgIpc) is 2.84. The minimum absolute atomic E-state index is 0.0855. The normalized spacial score (nSPS) is 19.6. The van der Waals surface area contributed by atoms with Crippen LogP contribution in [0.15, 0.2) is 16.6 Å². The van der Waals surface area contributed by atoms with Crippen LogP contribution in [0, 0.1) is 5.82 Å². The van der Waals surface area contributed by atoms with Gasteiger partial charge in [-0.05, 0) is 40.4 Å². The van der Waals surface area contributed by atoms with Crippen molar-refractivity contribution in [3.63, 3.8) is 0 Å². The van der Waals surface area contributed by atoms with Gasteiger partial charge in [0.1, 0.15) is 6.61 Å². The molecule has 0 amide bonds. The van der Waals surface area contributed by atoms with Gasteiger partial charge in [-0.3, -0.25) is 0 Å². The summed E-state index contributed by atoms with van der Waals surface area (Å²) in [5, 5.41) is 0. The molecule has 1 fully saturated rings. The quantitative estimate of drug-likeness (QED) is 0.930. The molecule has 0 aromatic heterocycles. The number of hydrogen-bond donors (Lipinski definition) is 1. The first-order valence-corrected chi connectivity index (χ1v) is 6.43. The van der Waals surface area contributed by atoms with Gasteiger partial charge >= 0.3 is 0 Å². The topological polar surface area (TPSA) is 44.5 Å². The fourth-order valence-electron chi connectivity index (χ4n) is 1.80. The molecule has 1 saturated heterocycles. The first-order chi connectivity index (χ1) is 8.22. The number of ether oxygens (including phenoxy) is 2. The van der Waals surface area contributed by atoms with Gasteiger partial charge in [-0.25, -0.2) is 4.39 Å². The number of nitrogens with two attached hydrogens (primary N) is 1. The predicted molar refractivity (Wildman–Crippen MR) is 66.5 cm³/mol. The summed E-state index contributed by atoms with van der Waals surface area (Å²) in [5.41, 5.74) is 6.21. The van der Waals surface area contributed by atoms with Gasteiger partial charge in [0.25, 0.3) is 0 Å². The molecule has 94 valence electrons. The van der Waals surface area contributed by atoms with E-state index in [-0.39, 0.29) is 11.9 Å². The van der Waals surface area contributed by atoms with Crippen LogP contribution in [0.2, 0.25) is 0 Å². The zero-order valence-corrected chi connectivity index (χ0v) is 11.0. The minimum atomic E-state index is -0.397. The third-order valence-electron chi connectivity index (χ3n) is 2.80. The number of benzene rings is 1. The molecule has 0 saturated carbocycles. The van der Waals surface area contributed by atoms with E-state index in [1.54, 1.807) is 12.1 Å². The van der Waals surface area contributed by atoms with Crippen LogP contribution in [0.25, 0.3) is 0 Å². The monoisotopic (exact) mass is 303 g/mol. The summed E-state index contributed by atoms with van der Waals surface area (Å²) in [6, 6.07) is 3.37. The Morgan fingerprint density at radius 2 is 2.35 bits per heavy atom. The molecule has 1 aliphatic rings. The Hall–Kier alpha value is -0.650. The van der Waals surface area contributed by atoms with Gasteiger partial charge in [0.15, 0.2) is 11.6 Å². The summed E-state index contributed by atoms with van der Waals surface area (Å²) in [6.07, 6.45) is 2.11. The Labute approximate surface area is 108 Å². The number of rotatable bonds is 4. The van der Waals surface area contributed by atoms with Crippen molar-refractivity contribution >= 4 is 15.9 Å². The second-order valence-corrected chi connectivity index (χ2v) is 4.79. The lowest BCUT2D eigenvalue weighted by atomic mass is 10.2. The SMILES string of the molecule is NCc1ccc(OCC2CCCO2)c(F)c1Br. The molecule has 1 unspecified atom stereocenters. The van der Waals surface area contributed by atoms with E-state index < -0.39 is 5.82 Å². The molecule has 1 heterocycles. The molecule has 1 aromatic carbocycles. The molecular formula is C12H15BrFNO2. The second kappa shape index (κ2) is 5.80. The van der Waals surface area contributed by atoms with E-state index in [1.807, 2.05) is 0 Å². The van der Waals surface area contributed by atoms with Crippen molar-refractivity contribution in [3.8, 4) is 5.75 Å². The Bertz CT molecular complexity index is 394. The number of hydrogen-bond acceptors (Lipinski definition) is 3. The molecule has 1 aliphatic heterocycles. The van der Waals surface area contributed by atoms with Crippen LogP contribution in [0.3, 0.4) is 0 Å². The summed E-state index contributed by atoms with van der Waals surface area (Å²) < 4.78 is 25.1. The first kappa shape index (κ1) is 12.8. The fraction of sp³-hybridized carbons (Fsp3) is 0.500. The Morgan fingerprint density at radius 1 is 1.53 bits per heavy atom. The summed E-state index contributed by atoms with van der Waals surface area (Å²) in [6.45, 7) is 1.46. The maximum absolute atomic E-state index is 13.9. The number of halogens is 2. The van der Waals surface area contributed by atoms with E-state index in [9.17, 15) is 4.39 Å². The fourth-order valence-corrected chi connectivity index (χ4v) is 2.29. The van der Waals surface area contributed by atoms with Crippen LogP contribution in [-0.4, -0.2) is 19.3 Å². The average molecular weight is 304 g/mol. The van der Waals surface area contributed by atoms with E-state index >= 15 is 0 Å². The van der Waals surface area contributed by atoms with Crippen molar-refractivity contribution in [1.82, 2.24) is 0 Å². The Balaban J connectivity index is 2.03. The van der Waals surface area contributed by atoms with Gasteiger partial charge in [-0.2, -0.15) is 0 Å². The van der Waals surface area contributed by atoms with Gasteiger partial charge in [-0.15, -0.1) is 0 Å². The maximum atomic E-state index is 13.9. The first-order valence-electron chi connectivity index (χ1n) is 5.63. The van der Waals surface area contributed by atoms with E-state index in [0.717, 1.165) is 25.0 Å². The molecule has 0 spiro atoms. The zero-order valence-electron chi connectivity index (χ0n) is 9.42. The standard InChI is InChI=1S/C12H15BrFNO2/c13-11-8(6-15)3-4-10(12(11)14)17-7-9-2-1-5-16-9/h3-4,9H,1-2,5-7,15H2. The Kier molecular flexibility index (Phi) is 4.36. The highest BCUT2D eigenvalue weighted by atomic mass is 79.9. The molecule has 0 aliphatic carbocycles. The molecule has 0 bridgehead atoms. The smallest absolute Gasteiger partial charge is 0.179 e. The van der Waals surface area contributed by atoms with Crippen molar-refractivity contribution in [2.45, 2.75) is 25.5 Å². The van der Waals surface area contributed by atoms with Gasteiger partial charge < -0.3 is 15.2 Å². The third-order valence-corrected chi connectivity index (χ3v) is 3.65. The van der Waals surface area contributed by atoms with Crippen LogP contribution in [0.1, 0.15) is 18.4 Å². The summed E-state index contributed by atoms with van der Waals surface area (Å²) in [5.74, 6) is -0.157. The highest BCUT2D eigenvalue weighted by Crippen LogP contribution is 2.29. The molecule has 1 aromatic rings. The van der Waals surface area contributed by atoms with E-state index in [4.69, 9.17) is 15.2 Å². The largest absolute Gasteiger partial charge is 0.488 e. The lowest BCUT2D eigenvalue weighted by Crippen LogP contribution is -2.17. The maximum Gasteiger partial charge on any atom is 0.179 e. The van der Waals surface area contributed by atoms with Gasteiger partial charge in [0, 0.05) is 13.2 Å². The van der Waals surface area contributed by atoms with Crippen LogP contribution >= 0.6 is 15.9 Å². The van der Waals surface area contributed by atoms with E-state index in [1.165, 1.54) is 0 Å².